The standard InChI is InChI=1S/C23H16F2N2OS/c1-27-22(28)17(12-16-10-11-18(24)19(25)13-16)14-20-23(27)29-21(26-20)9-5-8-15-6-3-2-4-7-15/h2-4,6-7,10-11,13-14H,8,12H2,1H3. The Morgan fingerprint density at radius 3 is 2.59 bits per heavy atom. The minimum Gasteiger partial charge on any atom is -0.301 e. The summed E-state index contributed by atoms with van der Waals surface area (Å²) in [6.07, 6.45) is 0.823. The number of aromatic nitrogens is 2. The van der Waals surface area contributed by atoms with E-state index in [0.29, 0.717) is 28.1 Å². The van der Waals surface area contributed by atoms with Crippen LogP contribution in [0.15, 0.2) is 59.4 Å². The average molecular weight is 406 g/mol. The van der Waals surface area contributed by atoms with Crippen molar-refractivity contribution in [3.8, 4) is 11.8 Å². The molecule has 0 amide bonds. The van der Waals surface area contributed by atoms with Crippen molar-refractivity contribution in [3.63, 3.8) is 0 Å². The number of aryl methyl sites for hydroxylation is 1. The highest BCUT2D eigenvalue weighted by Crippen LogP contribution is 2.21. The summed E-state index contributed by atoms with van der Waals surface area (Å²) in [5.74, 6) is 4.34. The number of halogens is 2. The number of rotatable bonds is 3. The highest BCUT2D eigenvalue weighted by Gasteiger charge is 2.12. The highest BCUT2D eigenvalue weighted by atomic mass is 32.1. The molecule has 4 aromatic rings. The number of benzene rings is 2. The maximum atomic E-state index is 13.5. The first-order valence-electron chi connectivity index (χ1n) is 8.97. The van der Waals surface area contributed by atoms with E-state index in [2.05, 4.69) is 16.8 Å². The van der Waals surface area contributed by atoms with Crippen LogP contribution in [0.4, 0.5) is 8.78 Å². The normalized spacial score (nSPS) is 10.7. The number of hydrogen-bond donors (Lipinski definition) is 0. The van der Waals surface area contributed by atoms with Gasteiger partial charge in [0.15, 0.2) is 16.6 Å². The summed E-state index contributed by atoms with van der Waals surface area (Å²) in [5.41, 5.74) is 2.61. The fourth-order valence-corrected chi connectivity index (χ4v) is 3.94. The Kier molecular flexibility index (Phi) is 5.24. The summed E-state index contributed by atoms with van der Waals surface area (Å²) in [7, 11) is 1.68. The van der Waals surface area contributed by atoms with E-state index >= 15 is 0 Å². The molecule has 0 aliphatic rings. The van der Waals surface area contributed by atoms with Gasteiger partial charge in [0, 0.05) is 25.5 Å². The molecule has 0 saturated carbocycles. The monoisotopic (exact) mass is 406 g/mol. The molecule has 0 bridgehead atoms. The first-order valence-corrected chi connectivity index (χ1v) is 9.79. The lowest BCUT2D eigenvalue weighted by molar-refractivity contribution is 0.507. The van der Waals surface area contributed by atoms with Crippen molar-refractivity contribution >= 4 is 21.7 Å². The van der Waals surface area contributed by atoms with E-state index in [0.717, 1.165) is 22.5 Å². The van der Waals surface area contributed by atoms with Crippen molar-refractivity contribution in [2.75, 3.05) is 0 Å². The summed E-state index contributed by atoms with van der Waals surface area (Å²) in [6.45, 7) is 0. The van der Waals surface area contributed by atoms with Crippen LogP contribution >= 0.6 is 11.3 Å². The summed E-state index contributed by atoms with van der Waals surface area (Å²) in [4.78, 5) is 17.9. The molecule has 0 spiro atoms. The van der Waals surface area contributed by atoms with Crippen LogP contribution in [0.25, 0.3) is 10.3 Å². The zero-order valence-corrected chi connectivity index (χ0v) is 16.4. The topological polar surface area (TPSA) is 34.9 Å². The van der Waals surface area contributed by atoms with Crippen LogP contribution in [0, 0.1) is 23.5 Å². The third-order valence-electron chi connectivity index (χ3n) is 4.54. The van der Waals surface area contributed by atoms with E-state index in [1.54, 1.807) is 13.1 Å². The maximum Gasteiger partial charge on any atom is 0.255 e. The fraction of sp³-hybridized carbons (Fsp3) is 0.130. The lowest BCUT2D eigenvalue weighted by atomic mass is 10.1. The lowest BCUT2D eigenvalue weighted by Crippen LogP contribution is -2.20. The SMILES string of the molecule is Cn1c(=O)c(Cc2ccc(F)c(F)c2)cc2nc(C#CCc3ccccc3)sc21. The second-order valence-electron chi connectivity index (χ2n) is 6.63. The van der Waals surface area contributed by atoms with Crippen LogP contribution in [-0.4, -0.2) is 9.55 Å². The van der Waals surface area contributed by atoms with Crippen molar-refractivity contribution in [1.29, 1.82) is 0 Å². The van der Waals surface area contributed by atoms with Gasteiger partial charge in [-0.25, -0.2) is 13.8 Å². The van der Waals surface area contributed by atoms with Crippen molar-refractivity contribution in [1.82, 2.24) is 9.55 Å². The molecule has 0 radical (unpaired) electrons. The average Bonchev–Trinajstić information content (AvgIpc) is 3.12. The van der Waals surface area contributed by atoms with Crippen LogP contribution in [-0.2, 0) is 19.9 Å². The van der Waals surface area contributed by atoms with Gasteiger partial charge in [0.05, 0.1) is 0 Å². The molecule has 0 aliphatic carbocycles. The smallest absolute Gasteiger partial charge is 0.255 e. The summed E-state index contributed by atoms with van der Waals surface area (Å²) in [5, 5.41) is 0.635. The first kappa shape index (κ1) is 19.0. The Bertz CT molecular complexity index is 1310. The molecule has 4 rings (SSSR count). The second kappa shape index (κ2) is 7.98. The van der Waals surface area contributed by atoms with Crippen LogP contribution in [0.5, 0.6) is 0 Å². The van der Waals surface area contributed by atoms with Crippen molar-refractivity contribution in [2.45, 2.75) is 12.8 Å². The predicted molar refractivity (Wildman–Crippen MR) is 111 cm³/mol. The molecule has 0 saturated heterocycles. The Hall–Kier alpha value is -3.30. The Morgan fingerprint density at radius 1 is 1.03 bits per heavy atom. The van der Waals surface area contributed by atoms with Gasteiger partial charge in [-0.1, -0.05) is 53.7 Å². The summed E-state index contributed by atoms with van der Waals surface area (Å²) >= 11 is 1.36. The van der Waals surface area contributed by atoms with Crippen molar-refractivity contribution < 1.29 is 8.78 Å². The summed E-state index contributed by atoms with van der Waals surface area (Å²) < 4.78 is 28.1. The molecule has 0 aliphatic heterocycles. The van der Waals surface area contributed by atoms with E-state index in [1.807, 2.05) is 30.3 Å². The number of hydrogen-bond acceptors (Lipinski definition) is 3. The molecule has 3 nitrogen and oxygen atoms in total. The predicted octanol–water partition coefficient (Wildman–Crippen LogP) is 4.46. The van der Waals surface area contributed by atoms with Gasteiger partial charge in [-0.3, -0.25) is 4.79 Å². The Balaban J connectivity index is 1.64. The van der Waals surface area contributed by atoms with Gasteiger partial charge in [-0.15, -0.1) is 0 Å². The molecule has 144 valence electrons. The van der Waals surface area contributed by atoms with Crippen LogP contribution in [0.2, 0.25) is 0 Å². The number of pyridine rings is 1. The second-order valence-corrected chi connectivity index (χ2v) is 7.61. The zero-order valence-electron chi connectivity index (χ0n) is 15.6. The Morgan fingerprint density at radius 2 is 1.83 bits per heavy atom. The third kappa shape index (κ3) is 4.10. The quantitative estimate of drug-likeness (QED) is 0.471. The zero-order chi connectivity index (χ0) is 20.4. The highest BCUT2D eigenvalue weighted by molar-refractivity contribution is 7.18. The van der Waals surface area contributed by atoms with E-state index in [9.17, 15) is 13.6 Å². The van der Waals surface area contributed by atoms with Gasteiger partial charge >= 0.3 is 0 Å². The van der Waals surface area contributed by atoms with Crippen LogP contribution in [0.3, 0.4) is 0 Å². The number of nitrogens with zero attached hydrogens (tertiary/aromatic N) is 2. The summed E-state index contributed by atoms with van der Waals surface area (Å²) in [6, 6.07) is 15.3. The molecule has 0 fully saturated rings. The van der Waals surface area contributed by atoms with Gasteiger partial charge in [0.1, 0.15) is 10.3 Å². The molecule has 0 N–H and O–H groups in total. The van der Waals surface area contributed by atoms with Gasteiger partial charge in [0.2, 0.25) is 0 Å². The fourth-order valence-electron chi connectivity index (χ4n) is 3.06. The minimum absolute atomic E-state index is 0.185. The van der Waals surface area contributed by atoms with Crippen molar-refractivity contribution in [3.05, 3.63) is 98.3 Å². The molecular weight excluding hydrogens is 390 g/mol. The molecule has 2 heterocycles. The number of fused-ring (bicyclic) bond motifs is 1. The molecule has 0 unspecified atom stereocenters. The van der Waals surface area contributed by atoms with E-state index in [4.69, 9.17) is 0 Å². The maximum absolute atomic E-state index is 13.5. The largest absolute Gasteiger partial charge is 0.301 e. The molecule has 0 atom stereocenters. The van der Waals surface area contributed by atoms with Crippen LogP contribution < -0.4 is 5.56 Å². The molecule has 29 heavy (non-hydrogen) atoms. The van der Waals surface area contributed by atoms with Gasteiger partial charge < -0.3 is 4.57 Å². The van der Waals surface area contributed by atoms with E-state index in [-0.39, 0.29) is 12.0 Å². The first-order chi connectivity index (χ1) is 14.0. The lowest BCUT2D eigenvalue weighted by Gasteiger charge is -2.05. The van der Waals surface area contributed by atoms with Gasteiger partial charge in [-0.05, 0) is 35.2 Å². The molecule has 2 aromatic heterocycles. The third-order valence-corrected chi connectivity index (χ3v) is 5.60. The van der Waals surface area contributed by atoms with E-state index < -0.39 is 11.6 Å². The minimum atomic E-state index is -0.926. The van der Waals surface area contributed by atoms with Gasteiger partial charge in [-0.2, -0.15) is 0 Å². The van der Waals surface area contributed by atoms with Gasteiger partial charge in [0.25, 0.3) is 5.56 Å². The number of thiazole rings is 1. The molecular formula is C23H16F2N2OS. The van der Waals surface area contributed by atoms with E-state index in [1.165, 1.54) is 22.0 Å². The molecule has 2 aromatic carbocycles. The molecule has 6 heteroatoms. The van der Waals surface area contributed by atoms with Crippen LogP contribution in [0.1, 0.15) is 21.7 Å². The van der Waals surface area contributed by atoms with Crippen molar-refractivity contribution in [2.24, 2.45) is 7.05 Å². The Labute approximate surface area is 170 Å².